The zero-order valence-electron chi connectivity index (χ0n) is 12.4. The number of guanidine groups is 1. The molecule has 1 aliphatic heterocycles. The minimum absolute atomic E-state index is 0.158. The average molecular weight is 329 g/mol. The lowest BCUT2D eigenvalue weighted by molar-refractivity contribution is -0.129. The number of aliphatic imine (C=N–C) groups is 1. The van der Waals surface area contributed by atoms with Crippen molar-refractivity contribution in [1.29, 1.82) is 0 Å². The summed E-state index contributed by atoms with van der Waals surface area (Å²) in [5, 5.41) is 6.71. The smallest absolute Gasteiger partial charge is 0.219 e. The minimum atomic E-state index is 0.158. The van der Waals surface area contributed by atoms with Gasteiger partial charge in [0.15, 0.2) is 5.96 Å². The molecule has 0 spiro atoms. The van der Waals surface area contributed by atoms with Crippen molar-refractivity contribution in [2.45, 2.75) is 32.4 Å². The minimum Gasteiger partial charge on any atom is -0.354 e. The van der Waals surface area contributed by atoms with Gasteiger partial charge in [0.1, 0.15) is 0 Å². The van der Waals surface area contributed by atoms with Crippen LogP contribution in [0.5, 0.6) is 0 Å². The maximum atomic E-state index is 11.3. The number of carbonyl (C=O) groups excluding carboxylic acids is 1. The molecule has 2 N–H and O–H groups in total. The molecule has 0 aromatic carbocycles. The second-order valence-electron chi connectivity index (χ2n) is 5.06. The highest BCUT2D eigenvalue weighted by Crippen LogP contribution is 2.21. The summed E-state index contributed by atoms with van der Waals surface area (Å²) in [6.45, 7) is 3.96. The van der Waals surface area contributed by atoms with Crippen LogP contribution >= 0.6 is 22.9 Å². The third-order valence-corrected chi connectivity index (χ3v) is 4.79. The summed E-state index contributed by atoms with van der Waals surface area (Å²) in [5.41, 5.74) is 0. The monoisotopic (exact) mass is 328 g/mol. The van der Waals surface area contributed by atoms with E-state index >= 15 is 0 Å². The molecule has 0 radical (unpaired) electrons. The molecule has 1 aromatic rings. The van der Waals surface area contributed by atoms with Crippen LogP contribution in [0.25, 0.3) is 0 Å². The van der Waals surface area contributed by atoms with Crippen LogP contribution in [0.1, 0.15) is 24.6 Å². The van der Waals surface area contributed by atoms with E-state index in [0.29, 0.717) is 12.6 Å². The van der Waals surface area contributed by atoms with E-state index in [1.54, 1.807) is 25.3 Å². The summed E-state index contributed by atoms with van der Waals surface area (Å²) in [7, 11) is 1.77. The molecule has 1 fully saturated rings. The Bertz CT molecular complexity index is 509. The fourth-order valence-electron chi connectivity index (χ4n) is 2.34. The van der Waals surface area contributed by atoms with Crippen molar-refractivity contribution >= 4 is 34.8 Å². The highest BCUT2D eigenvalue weighted by molar-refractivity contribution is 7.16. The molecule has 1 saturated heterocycles. The van der Waals surface area contributed by atoms with Gasteiger partial charge in [-0.2, -0.15) is 0 Å². The SMILES string of the molecule is CN=C(NCc1ccc(Cl)s1)NC1CCN(C(C)=O)CC1. The number of amides is 1. The molecule has 0 atom stereocenters. The van der Waals surface area contributed by atoms with Gasteiger partial charge in [0.05, 0.1) is 10.9 Å². The molecule has 1 aromatic heterocycles. The molecule has 0 bridgehead atoms. The van der Waals surface area contributed by atoms with Gasteiger partial charge in [-0.25, -0.2) is 0 Å². The molecular weight excluding hydrogens is 308 g/mol. The van der Waals surface area contributed by atoms with Gasteiger partial charge in [-0.1, -0.05) is 11.6 Å². The molecule has 0 unspecified atom stereocenters. The topological polar surface area (TPSA) is 56.7 Å². The number of nitrogens with zero attached hydrogens (tertiary/aromatic N) is 2. The van der Waals surface area contributed by atoms with E-state index in [0.717, 1.165) is 36.2 Å². The number of thiophene rings is 1. The van der Waals surface area contributed by atoms with Crippen LogP contribution in [0.4, 0.5) is 0 Å². The van der Waals surface area contributed by atoms with Gasteiger partial charge in [-0.3, -0.25) is 9.79 Å². The zero-order chi connectivity index (χ0) is 15.2. The number of piperidine rings is 1. The summed E-state index contributed by atoms with van der Waals surface area (Å²) in [6.07, 6.45) is 1.90. The number of halogens is 1. The van der Waals surface area contributed by atoms with Crippen molar-refractivity contribution in [2.75, 3.05) is 20.1 Å². The summed E-state index contributed by atoms with van der Waals surface area (Å²) in [6, 6.07) is 4.27. The van der Waals surface area contributed by atoms with E-state index in [1.165, 1.54) is 4.88 Å². The number of hydrogen-bond donors (Lipinski definition) is 2. The molecule has 0 aliphatic carbocycles. The number of likely N-dealkylation sites (tertiary alicyclic amines) is 1. The van der Waals surface area contributed by atoms with E-state index in [9.17, 15) is 4.79 Å². The Hall–Kier alpha value is -1.27. The van der Waals surface area contributed by atoms with E-state index in [-0.39, 0.29) is 5.91 Å². The molecule has 2 heterocycles. The zero-order valence-corrected chi connectivity index (χ0v) is 13.9. The molecule has 0 saturated carbocycles. The average Bonchev–Trinajstić information content (AvgIpc) is 2.89. The first-order valence-corrected chi connectivity index (χ1v) is 8.25. The van der Waals surface area contributed by atoms with Crippen LogP contribution in [0.3, 0.4) is 0 Å². The van der Waals surface area contributed by atoms with Crippen LogP contribution in [0.2, 0.25) is 4.34 Å². The standard InChI is InChI=1S/C14H21ClN4OS/c1-10(20)19-7-5-11(6-8-19)18-14(16-2)17-9-12-3-4-13(15)21-12/h3-4,11H,5-9H2,1-2H3,(H2,16,17,18). The van der Waals surface area contributed by atoms with Crippen molar-refractivity contribution in [1.82, 2.24) is 15.5 Å². The molecule has 2 rings (SSSR count). The Morgan fingerprint density at radius 2 is 2.19 bits per heavy atom. The number of hydrogen-bond acceptors (Lipinski definition) is 3. The maximum absolute atomic E-state index is 11.3. The fraction of sp³-hybridized carbons (Fsp3) is 0.571. The first-order chi connectivity index (χ1) is 10.1. The highest BCUT2D eigenvalue weighted by Gasteiger charge is 2.21. The largest absolute Gasteiger partial charge is 0.354 e. The Morgan fingerprint density at radius 1 is 1.48 bits per heavy atom. The first-order valence-electron chi connectivity index (χ1n) is 7.05. The third kappa shape index (κ3) is 4.89. The van der Waals surface area contributed by atoms with Gasteiger partial charge < -0.3 is 15.5 Å². The van der Waals surface area contributed by atoms with Gasteiger partial charge >= 0.3 is 0 Å². The molecule has 1 aliphatic rings. The summed E-state index contributed by atoms with van der Waals surface area (Å²) < 4.78 is 0.798. The molecule has 1 amide bonds. The predicted octanol–water partition coefficient (Wildman–Crippen LogP) is 2.08. The summed E-state index contributed by atoms with van der Waals surface area (Å²) in [5.74, 6) is 0.950. The second kappa shape index (κ2) is 7.66. The van der Waals surface area contributed by atoms with Gasteiger partial charge in [0.2, 0.25) is 5.91 Å². The van der Waals surface area contributed by atoms with Crippen LogP contribution in [0.15, 0.2) is 17.1 Å². The van der Waals surface area contributed by atoms with Gasteiger partial charge in [0, 0.05) is 38.0 Å². The molecule has 5 nitrogen and oxygen atoms in total. The fourth-order valence-corrected chi connectivity index (χ4v) is 3.37. The second-order valence-corrected chi connectivity index (χ2v) is 6.86. The first kappa shape index (κ1) is 16.1. The normalized spacial score (nSPS) is 16.9. The molecule has 7 heteroatoms. The maximum Gasteiger partial charge on any atom is 0.219 e. The summed E-state index contributed by atoms with van der Waals surface area (Å²) in [4.78, 5) is 18.6. The van der Waals surface area contributed by atoms with Crippen molar-refractivity contribution < 1.29 is 4.79 Å². The third-order valence-electron chi connectivity index (χ3n) is 3.56. The van der Waals surface area contributed by atoms with Crippen molar-refractivity contribution in [3.05, 3.63) is 21.3 Å². The number of rotatable bonds is 3. The Kier molecular flexibility index (Phi) is 5.87. The van der Waals surface area contributed by atoms with Gasteiger partial charge in [0.25, 0.3) is 0 Å². The molecular formula is C14H21ClN4OS. The predicted molar refractivity (Wildman–Crippen MR) is 87.9 cm³/mol. The molecule has 116 valence electrons. The Balaban J connectivity index is 1.77. The lowest BCUT2D eigenvalue weighted by Crippen LogP contribution is -2.49. The lowest BCUT2D eigenvalue weighted by Gasteiger charge is -2.32. The summed E-state index contributed by atoms with van der Waals surface area (Å²) >= 11 is 7.48. The van der Waals surface area contributed by atoms with E-state index in [1.807, 2.05) is 17.0 Å². The van der Waals surface area contributed by atoms with E-state index < -0.39 is 0 Å². The van der Waals surface area contributed by atoms with Crippen molar-refractivity contribution in [3.8, 4) is 0 Å². The molecule has 21 heavy (non-hydrogen) atoms. The van der Waals surface area contributed by atoms with Crippen molar-refractivity contribution in [3.63, 3.8) is 0 Å². The Morgan fingerprint density at radius 3 is 2.71 bits per heavy atom. The number of nitrogens with one attached hydrogen (secondary N) is 2. The van der Waals surface area contributed by atoms with Crippen LogP contribution in [-0.4, -0.2) is 42.9 Å². The van der Waals surface area contributed by atoms with Gasteiger partial charge in [-0.05, 0) is 25.0 Å². The quantitative estimate of drug-likeness (QED) is 0.660. The van der Waals surface area contributed by atoms with E-state index in [2.05, 4.69) is 15.6 Å². The van der Waals surface area contributed by atoms with Crippen molar-refractivity contribution in [2.24, 2.45) is 4.99 Å². The highest BCUT2D eigenvalue weighted by atomic mass is 35.5. The van der Waals surface area contributed by atoms with Gasteiger partial charge in [-0.15, -0.1) is 11.3 Å². The Labute approximate surface area is 134 Å². The van der Waals surface area contributed by atoms with Crippen LogP contribution in [-0.2, 0) is 11.3 Å². The number of carbonyl (C=O) groups is 1. The van der Waals surface area contributed by atoms with Crippen LogP contribution in [0, 0.1) is 0 Å². The van der Waals surface area contributed by atoms with E-state index in [4.69, 9.17) is 11.6 Å². The van der Waals surface area contributed by atoms with Crippen LogP contribution < -0.4 is 10.6 Å². The lowest BCUT2D eigenvalue weighted by atomic mass is 10.1.